The first-order valence-corrected chi connectivity index (χ1v) is 5.26. The topological polar surface area (TPSA) is 61.3 Å². The van der Waals surface area contributed by atoms with Gasteiger partial charge in [-0.3, -0.25) is 4.79 Å². The number of ether oxygens (including phenoxy) is 2. The Labute approximate surface area is 104 Å². The normalized spacial score (nSPS) is 9.89. The van der Waals surface area contributed by atoms with Crippen molar-refractivity contribution < 1.29 is 14.3 Å². The zero-order valence-corrected chi connectivity index (χ0v) is 10.1. The standard InChI is InChI=1S/C13H12N2O3/c1-17-12-3-9(7-16)11(4-13(12)18-2)10-5-14-8-15-6-10/h3-8H,1-2H3. The molecule has 1 aromatic heterocycles. The monoisotopic (exact) mass is 244 g/mol. The highest BCUT2D eigenvalue weighted by Crippen LogP contribution is 2.34. The van der Waals surface area contributed by atoms with Gasteiger partial charge < -0.3 is 9.47 Å². The first-order chi connectivity index (χ1) is 8.80. The Morgan fingerprint density at radius 2 is 1.67 bits per heavy atom. The fraction of sp³-hybridized carbons (Fsp3) is 0.154. The minimum Gasteiger partial charge on any atom is -0.493 e. The number of hydrogen-bond donors (Lipinski definition) is 0. The number of methoxy groups -OCH3 is 2. The van der Waals surface area contributed by atoms with E-state index in [1.54, 1.807) is 31.6 Å². The quantitative estimate of drug-likeness (QED) is 0.769. The number of nitrogens with zero attached hydrogens (tertiary/aromatic N) is 2. The van der Waals surface area contributed by atoms with Gasteiger partial charge in [-0.15, -0.1) is 0 Å². The Hall–Kier alpha value is -2.43. The number of benzene rings is 1. The summed E-state index contributed by atoms with van der Waals surface area (Å²) in [5, 5.41) is 0. The van der Waals surface area contributed by atoms with Crippen molar-refractivity contribution in [1.29, 1.82) is 0 Å². The summed E-state index contributed by atoms with van der Waals surface area (Å²) >= 11 is 0. The number of carbonyl (C=O) groups is 1. The molecule has 18 heavy (non-hydrogen) atoms. The van der Waals surface area contributed by atoms with Gasteiger partial charge in [0.15, 0.2) is 17.8 Å². The SMILES string of the molecule is COc1cc(C=O)c(-c2cncnc2)cc1OC. The molecular weight excluding hydrogens is 232 g/mol. The molecule has 0 N–H and O–H groups in total. The van der Waals surface area contributed by atoms with Crippen LogP contribution in [0, 0.1) is 0 Å². The van der Waals surface area contributed by atoms with Crippen LogP contribution in [0.1, 0.15) is 10.4 Å². The van der Waals surface area contributed by atoms with Crippen molar-refractivity contribution in [1.82, 2.24) is 9.97 Å². The van der Waals surface area contributed by atoms with Crippen molar-refractivity contribution in [2.45, 2.75) is 0 Å². The third-order valence-corrected chi connectivity index (χ3v) is 2.55. The van der Waals surface area contributed by atoms with E-state index in [0.29, 0.717) is 22.6 Å². The van der Waals surface area contributed by atoms with Crippen LogP contribution >= 0.6 is 0 Å². The van der Waals surface area contributed by atoms with Crippen LogP contribution in [0.2, 0.25) is 0 Å². The lowest BCUT2D eigenvalue weighted by molar-refractivity contribution is 0.112. The second-order valence-corrected chi connectivity index (χ2v) is 3.54. The maximum Gasteiger partial charge on any atom is 0.161 e. The zero-order chi connectivity index (χ0) is 13.0. The maximum absolute atomic E-state index is 11.1. The van der Waals surface area contributed by atoms with Gasteiger partial charge in [0, 0.05) is 23.5 Å². The van der Waals surface area contributed by atoms with Crippen LogP contribution in [0.15, 0.2) is 30.9 Å². The second kappa shape index (κ2) is 5.27. The Balaban J connectivity index is 2.63. The van der Waals surface area contributed by atoms with Crippen LogP contribution in [0.5, 0.6) is 11.5 Å². The number of aldehydes is 1. The first kappa shape index (κ1) is 12.0. The molecule has 0 radical (unpaired) electrons. The molecule has 0 bridgehead atoms. The van der Waals surface area contributed by atoms with Crippen LogP contribution in [-0.2, 0) is 0 Å². The molecule has 0 spiro atoms. The Kier molecular flexibility index (Phi) is 3.52. The summed E-state index contributed by atoms with van der Waals surface area (Å²) in [7, 11) is 3.07. The molecule has 0 aliphatic rings. The molecule has 2 aromatic rings. The molecule has 0 saturated carbocycles. The van der Waals surface area contributed by atoms with Gasteiger partial charge in [-0.05, 0) is 17.7 Å². The van der Waals surface area contributed by atoms with Gasteiger partial charge in [-0.25, -0.2) is 9.97 Å². The van der Waals surface area contributed by atoms with E-state index < -0.39 is 0 Å². The van der Waals surface area contributed by atoms with Crippen molar-refractivity contribution >= 4 is 6.29 Å². The highest BCUT2D eigenvalue weighted by molar-refractivity contribution is 5.89. The lowest BCUT2D eigenvalue weighted by atomic mass is 10.0. The van der Waals surface area contributed by atoms with Gasteiger partial charge in [0.2, 0.25) is 0 Å². The highest BCUT2D eigenvalue weighted by atomic mass is 16.5. The van der Waals surface area contributed by atoms with Crippen LogP contribution in [0.25, 0.3) is 11.1 Å². The molecule has 5 heteroatoms. The molecule has 0 atom stereocenters. The predicted molar refractivity (Wildman–Crippen MR) is 66.0 cm³/mol. The Morgan fingerprint density at radius 3 is 2.22 bits per heavy atom. The van der Waals surface area contributed by atoms with Gasteiger partial charge >= 0.3 is 0 Å². The van der Waals surface area contributed by atoms with E-state index >= 15 is 0 Å². The van der Waals surface area contributed by atoms with Gasteiger partial charge in [0.1, 0.15) is 6.33 Å². The summed E-state index contributed by atoms with van der Waals surface area (Å²) in [5.41, 5.74) is 1.96. The van der Waals surface area contributed by atoms with Crippen molar-refractivity contribution in [3.63, 3.8) is 0 Å². The fourth-order valence-corrected chi connectivity index (χ4v) is 1.68. The van der Waals surface area contributed by atoms with Gasteiger partial charge in [0.05, 0.1) is 14.2 Å². The maximum atomic E-state index is 11.1. The molecule has 1 aromatic carbocycles. The molecule has 92 valence electrons. The lowest BCUT2D eigenvalue weighted by Gasteiger charge is -2.11. The first-order valence-electron chi connectivity index (χ1n) is 5.26. The minimum absolute atomic E-state index is 0.502. The third kappa shape index (κ3) is 2.15. The summed E-state index contributed by atoms with van der Waals surface area (Å²) in [4.78, 5) is 19.0. The summed E-state index contributed by atoms with van der Waals surface area (Å²) in [5.74, 6) is 1.07. The number of rotatable bonds is 4. The molecule has 0 amide bonds. The lowest BCUT2D eigenvalue weighted by Crippen LogP contribution is -1.96. The second-order valence-electron chi connectivity index (χ2n) is 3.54. The number of aromatic nitrogens is 2. The molecule has 0 saturated heterocycles. The van der Waals surface area contributed by atoms with E-state index in [1.165, 1.54) is 13.4 Å². The molecular formula is C13H12N2O3. The van der Waals surface area contributed by atoms with Crippen LogP contribution < -0.4 is 9.47 Å². The largest absolute Gasteiger partial charge is 0.493 e. The van der Waals surface area contributed by atoms with Gasteiger partial charge in [-0.1, -0.05) is 0 Å². The van der Waals surface area contributed by atoms with Crippen molar-refractivity contribution in [3.8, 4) is 22.6 Å². The van der Waals surface area contributed by atoms with Gasteiger partial charge in [0.25, 0.3) is 0 Å². The zero-order valence-electron chi connectivity index (χ0n) is 10.1. The summed E-state index contributed by atoms with van der Waals surface area (Å²) < 4.78 is 10.4. The Bertz CT molecular complexity index is 556. The van der Waals surface area contributed by atoms with Gasteiger partial charge in [-0.2, -0.15) is 0 Å². The Morgan fingerprint density at radius 1 is 1.06 bits per heavy atom. The highest BCUT2D eigenvalue weighted by Gasteiger charge is 2.12. The number of carbonyl (C=O) groups excluding carboxylic acids is 1. The molecule has 0 aliphatic carbocycles. The summed E-state index contributed by atoms with van der Waals surface area (Å²) in [6.07, 6.45) is 5.48. The van der Waals surface area contributed by atoms with Crippen LogP contribution in [0.3, 0.4) is 0 Å². The molecule has 1 heterocycles. The molecule has 5 nitrogen and oxygen atoms in total. The fourth-order valence-electron chi connectivity index (χ4n) is 1.68. The van der Waals surface area contributed by atoms with Crippen LogP contribution in [-0.4, -0.2) is 30.5 Å². The smallest absolute Gasteiger partial charge is 0.161 e. The molecule has 0 aliphatic heterocycles. The van der Waals surface area contributed by atoms with E-state index in [2.05, 4.69) is 9.97 Å². The minimum atomic E-state index is 0.502. The average molecular weight is 244 g/mol. The molecule has 2 rings (SSSR count). The average Bonchev–Trinajstić information content (AvgIpc) is 2.46. The van der Waals surface area contributed by atoms with Crippen molar-refractivity contribution in [3.05, 3.63) is 36.4 Å². The third-order valence-electron chi connectivity index (χ3n) is 2.55. The van der Waals surface area contributed by atoms with E-state index in [4.69, 9.17) is 9.47 Å². The summed E-state index contributed by atoms with van der Waals surface area (Å²) in [6.45, 7) is 0. The van der Waals surface area contributed by atoms with Crippen molar-refractivity contribution in [2.24, 2.45) is 0 Å². The number of hydrogen-bond acceptors (Lipinski definition) is 5. The van der Waals surface area contributed by atoms with E-state index in [1.807, 2.05) is 0 Å². The van der Waals surface area contributed by atoms with E-state index in [9.17, 15) is 4.79 Å². The molecule has 0 unspecified atom stereocenters. The predicted octanol–water partition coefficient (Wildman–Crippen LogP) is 1.97. The molecule has 0 fully saturated rings. The van der Waals surface area contributed by atoms with E-state index in [0.717, 1.165) is 11.8 Å². The van der Waals surface area contributed by atoms with Crippen LogP contribution in [0.4, 0.5) is 0 Å². The van der Waals surface area contributed by atoms with E-state index in [-0.39, 0.29) is 0 Å². The van der Waals surface area contributed by atoms with Crippen molar-refractivity contribution in [2.75, 3.05) is 14.2 Å². The summed E-state index contributed by atoms with van der Waals surface area (Å²) in [6, 6.07) is 3.37.